The summed E-state index contributed by atoms with van der Waals surface area (Å²) in [6, 6.07) is 2.30. The van der Waals surface area contributed by atoms with Gasteiger partial charge in [-0.25, -0.2) is 9.78 Å². The van der Waals surface area contributed by atoms with Crippen LogP contribution in [0, 0.1) is 0 Å². The first-order valence-corrected chi connectivity index (χ1v) is 7.18. The van der Waals surface area contributed by atoms with Crippen LogP contribution in [-0.2, 0) is 6.42 Å². The van der Waals surface area contributed by atoms with Crippen molar-refractivity contribution in [3.8, 4) is 0 Å². The lowest BCUT2D eigenvalue weighted by Crippen LogP contribution is -2.53. The summed E-state index contributed by atoms with van der Waals surface area (Å²) >= 11 is 0. The van der Waals surface area contributed by atoms with Gasteiger partial charge in [0.25, 0.3) is 0 Å². The zero-order chi connectivity index (χ0) is 14.1. The van der Waals surface area contributed by atoms with Gasteiger partial charge in [0.05, 0.1) is 5.69 Å². The van der Waals surface area contributed by atoms with Crippen LogP contribution in [0.1, 0.15) is 18.9 Å². The highest BCUT2D eigenvalue weighted by atomic mass is 16.4. The highest BCUT2D eigenvalue weighted by Crippen LogP contribution is 2.35. The van der Waals surface area contributed by atoms with Crippen LogP contribution in [0.15, 0.2) is 12.3 Å². The summed E-state index contributed by atoms with van der Waals surface area (Å²) in [5.41, 5.74) is 1.87. The number of aromatic nitrogens is 1. The first-order valence-electron chi connectivity index (χ1n) is 7.18. The second-order valence-electron chi connectivity index (χ2n) is 5.25. The van der Waals surface area contributed by atoms with Crippen molar-refractivity contribution in [2.75, 3.05) is 36.0 Å². The average molecular weight is 276 g/mol. The fourth-order valence-electron chi connectivity index (χ4n) is 3.23. The summed E-state index contributed by atoms with van der Waals surface area (Å²) in [5.74, 6) is 0.972. The largest absolute Gasteiger partial charge is 0.465 e. The number of piperazine rings is 1. The summed E-state index contributed by atoms with van der Waals surface area (Å²) in [7, 11) is 0. The van der Waals surface area contributed by atoms with E-state index >= 15 is 0 Å². The standard InChI is InChI=1S/C14H20N4O2/c1-2-17(14(19)20)12-5-6-16-13-11(12)4-3-10-9-15-7-8-18(10)13/h5-6,10,15H,2-4,7-9H2,1H3,(H,19,20)/t10-/m1/s1. The fourth-order valence-corrected chi connectivity index (χ4v) is 3.23. The molecule has 3 heterocycles. The molecule has 0 aliphatic carbocycles. The van der Waals surface area contributed by atoms with Gasteiger partial charge in [-0.1, -0.05) is 0 Å². The lowest BCUT2D eigenvalue weighted by atomic mass is 9.95. The molecule has 20 heavy (non-hydrogen) atoms. The summed E-state index contributed by atoms with van der Waals surface area (Å²) in [6.45, 7) is 5.20. The van der Waals surface area contributed by atoms with Crippen molar-refractivity contribution in [2.24, 2.45) is 0 Å². The number of rotatable bonds is 2. The summed E-state index contributed by atoms with van der Waals surface area (Å²) in [6.07, 6.45) is 2.77. The SMILES string of the molecule is CCN(C(=O)O)c1ccnc2c1CC[C@@H]1CNCCN21. The van der Waals surface area contributed by atoms with Gasteiger partial charge in [-0.15, -0.1) is 0 Å². The number of pyridine rings is 1. The Labute approximate surface area is 118 Å². The predicted octanol–water partition coefficient (Wildman–Crippen LogP) is 1.31. The van der Waals surface area contributed by atoms with Gasteiger partial charge < -0.3 is 15.3 Å². The molecule has 6 nitrogen and oxygen atoms in total. The van der Waals surface area contributed by atoms with E-state index in [1.54, 1.807) is 6.20 Å². The highest BCUT2D eigenvalue weighted by molar-refractivity contribution is 5.88. The Morgan fingerprint density at radius 2 is 2.50 bits per heavy atom. The van der Waals surface area contributed by atoms with Crippen molar-refractivity contribution in [1.82, 2.24) is 10.3 Å². The number of hydrogen-bond donors (Lipinski definition) is 2. The van der Waals surface area contributed by atoms with Crippen LogP contribution in [0.4, 0.5) is 16.3 Å². The maximum Gasteiger partial charge on any atom is 0.411 e. The van der Waals surface area contributed by atoms with Gasteiger partial charge in [-0.2, -0.15) is 0 Å². The molecule has 0 saturated carbocycles. The molecule has 1 atom stereocenters. The van der Waals surface area contributed by atoms with Crippen LogP contribution in [0.2, 0.25) is 0 Å². The van der Waals surface area contributed by atoms with Crippen LogP contribution in [0.25, 0.3) is 0 Å². The highest BCUT2D eigenvalue weighted by Gasteiger charge is 2.32. The van der Waals surface area contributed by atoms with Gasteiger partial charge in [0.2, 0.25) is 0 Å². The van der Waals surface area contributed by atoms with Crippen LogP contribution < -0.4 is 15.1 Å². The van der Waals surface area contributed by atoms with E-state index in [0.717, 1.165) is 49.5 Å². The fraction of sp³-hybridized carbons (Fsp3) is 0.571. The maximum absolute atomic E-state index is 11.4. The molecule has 3 rings (SSSR count). The van der Waals surface area contributed by atoms with E-state index in [0.29, 0.717) is 12.6 Å². The molecule has 2 N–H and O–H groups in total. The van der Waals surface area contributed by atoms with Crippen molar-refractivity contribution in [3.63, 3.8) is 0 Å². The number of hydrogen-bond acceptors (Lipinski definition) is 4. The zero-order valence-corrected chi connectivity index (χ0v) is 11.7. The smallest absolute Gasteiger partial charge is 0.411 e. The molecule has 0 spiro atoms. The van der Waals surface area contributed by atoms with Gasteiger partial charge in [0.1, 0.15) is 5.82 Å². The Bertz CT molecular complexity index is 520. The molecule has 1 aromatic heterocycles. The number of carboxylic acid groups (broad SMARTS) is 1. The number of nitrogens with zero attached hydrogens (tertiary/aromatic N) is 3. The average Bonchev–Trinajstić information content (AvgIpc) is 2.47. The number of anilines is 2. The topological polar surface area (TPSA) is 68.7 Å². The van der Waals surface area contributed by atoms with Crippen molar-refractivity contribution in [3.05, 3.63) is 17.8 Å². The summed E-state index contributed by atoms with van der Waals surface area (Å²) in [4.78, 5) is 19.6. The lowest BCUT2D eigenvalue weighted by molar-refractivity contribution is 0.202. The molecule has 0 aromatic carbocycles. The van der Waals surface area contributed by atoms with Gasteiger partial charge in [-0.05, 0) is 25.8 Å². The second-order valence-corrected chi connectivity index (χ2v) is 5.25. The zero-order valence-electron chi connectivity index (χ0n) is 11.7. The number of amides is 1. The van der Waals surface area contributed by atoms with E-state index in [2.05, 4.69) is 15.2 Å². The minimum atomic E-state index is -0.900. The predicted molar refractivity (Wildman–Crippen MR) is 77.6 cm³/mol. The van der Waals surface area contributed by atoms with Gasteiger partial charge in [0, 0.05) is 44.0 Å². The first-order chi connectivity index (χ1) is 9.72. The molecule has 2 aliphatic heterocycles. The van der Waals surface area contributed by atoms with Crippen molar-refractivity contribution in [2.45, 2.75) is 25.8 Å². The lowest BCUT2D eigenvalue weighted by Gasteiger charge is -2.42. The molecule has 0 radical (unpaired) electrons. The number of fused-ring (bicyclic) bond motifs is 3. The van der Waals surface area contributed by atoms with E-state index in [1.807, 2.05) is 13.0 Å². The Morgan fingerprint density at radius 3 is 3.25 bits per heavy atom. The minimum absolute atomic E-state index is 0.455. The Morgan fingerprint density at radius 1 is 1.65 bits per heavy atom. The van der Waals surface area contributed by atoms with Gasteiger partial charge >= 0.3 is 6.09 Å². The van der Waals surface area contributed by atoms with Crippen LogP contribution in [0.5, 0.6) is 0 Å². The quantitative estimate of drug-likeness (QED) is 0.852. The van der Waals surface area contributed by atoms with Gasteiger partial charge in [-0.3, -0.25) is 4.90 Å². The van der Waals surface area contributed by atoms with E-state index in [4.69, 9.17) is 0 Å². The molecule has 0 unspecified atom stereocenters. The van der Waals surface area contributed by atoms with Crippen LogP contribution in [0.3, 0.4) is 0 Å². The maximum atomic E-state index is 11.4. The third-order valence-electron chi connectivity index (χ3n) is 4.20. The second kappa shape index (κ2) is 5.28. The third-order valence-corrected chi connectivity index (χ3v) is 4.20. The van der Waals surface area contributed by atoms with E-state index in [9.17, 15) is 9.90 Å². The molecule has 6 heteroatoms. The molecule has 1 saturated heterocycles. The molecule has 2 aliphatic rings. The molecule has 1 amide bonds. The van der Waals surface area contributed by atoms with Gasteiger partial charge in [0.15, 0.2) is 0 Å². The molecule has 1 aromatic rings. The van der Waals surface area contributed by atoms with Crippen LogP contribution in [-0.4, -0.2) is 48.4 Å². The van der Waals surface area contributed by atoms with Crippen molar-refractivity contribution < 1.29 is 9.90 Å². The molecule has 0 bridgehead atoms. The molecular formula is C14H20N4O2. The Hall–Kier alpha value is -1.82. The molecular weight excluding hydrogens is 256 g/mol. The third kappa shape index (κ3) is 2.10. The van der Waals surface area contributed by atoms with Crippen molar-refractivity contribution >= 4 is 17.6 Å². The normalized spacial score (nSPS) is 21.1. The Kier molecular flexibility index (Phi) is 3.48. The van der Waals surface area contributed by atoms with Crippen LogP contribution >= 0.6 is 0 Å². The molecule has 108 valence electrons. The van der Waals surface area contributed by atoms with E-state index < -0.39 is 6.09 Å². The molecule has 1 fully saturated rings. The first kappa shape index (κ1) is 13.2. The minimum Gasteiger partial charge on any atom is -0.465 e. The number of nitrogens with one attached hydrogen (secondary N) is 1. The van der Waals surface area contributed by atoms with Crippen molar-refractivity contribution in [1.29, 1.82) is 0 Å². The number of carbonyl (C=O) groups is 1. The monoisotopic (exact) mass is 276 g/mol. The Balaban J connectivity index is 2.01. The van der Waals surface area contributed by atoms with E-state index in [-0.39, 0.29) is 0 Å². The summed E-state index contributed by atoms with van der Waals surface area (Å²) < 4.78 is 0. The van der Waals surface area contributed by atoms with E-state index in [1.165, 1.54) is 4.90 Å². The summed E-state index contributed by atoms with van der Waals surface area (Å²) in [5, 5.41) is 12.8.